The standard InChI is InChI=1S/C19H26N2O5S/c1-7-12-20-27(24,25)17-10-8-16(9-11-17)19(23)26-15(6)18(22)21(13(2)3)14(4)5/h1,8-11,13-15,20H,12H2,2-6H3. The fourth-order valence-corrected chi connectivity index (χ4v) is 3.52. The van der Waals surface area contributed by atoms with E-state index in [0.29, 0.717) is 0 Å². The van der Waals surface area contributed by atoms with Crippen molar-refractivity contribution in [1.82, 2.24) is 9.62 Å². The van der Waals surface area contributed by atoms with Crippen LogP contribution in [0.1, 0.15) is 45.0 Å². The molecule has 1 rings (SSSR count). The van der Waals surface area contributed by atoms with Crippen LogP contribution >= 0.6 is 0 Å². The highest BCUT2D eigenvalue weighted by Gasteiger charge is 2.28. The van der Waals surface area contributed by atoms with Gasteiger partial charge in [0.15, 0.2) is 6.10 Å². The molecule has 1 atom stereocenters. The van der Waals surface area contributed by atoms with Gasteiger partial charge in [0, 0.05) is 12.1 Å². The number of esters is 1. The van der Waals surface area contributed by atoms with Crippen molar-refractivity contribution in [2.24, 2.45) is 0 Å². The molecule has 0 aliphatic rings. The van der Waals surface area contributed by atoms with Crippen molar-refractivity contribution in [3.63, 3.8) is 0 Å². The Bertz CT molecular complexity index is 799. The lowest BCUT2D eigenvalue weighted by Gasteiger charge is -2.32. The maximum atomic E-state index is 12.5. The Labute approximate surface area is 161 Å². The van der Waals surface area contributed by atoms with E-state index in [-0.39, 0.29) is 35.0 Å². The van der Waals surface area contributed by atoms with Crippen LogP contribution < -0.4 is 4.72 Å². The number of rotatable bonds is 8. The quantitative estimate of drug-likeness (QED) is 0.536. The molecule has 27 heavy (non-hydrogen) atoms. The van der Waals surface area contributed by atoms with Gasteiger partial charge >= 0.3 is 5.97 Å². The molecule has 148 valence electrons. The van der Waals surface area contributed by atoms with Crippen molar-refractivity contribution in [2.75, 3.05) is 6.54 Å². The summed E-state index contributed by atoms with van der Waals surface area (Å²) in [6, 6.07) is 5.14. The minimum atomic E-state index is -3.74. The fraction of sp³-hybridized carbons (Fsp3) is 0.474. The summed E-state index contributed by atoms with van der Waals surface area (Å²) >= 11 is 0. The molecule has 0 heterocycles. The van der Waals surface area contributed by atoms with Crippen LogP contribution in [0.25, 0.3) is 0 Å². The zero-order valence-electron chi connectivity index (χ0n) is 16.2. The molecular formula is C19H26N2O5S. The Morgan fingerprint density at radius 1 is 1.11 bits per heavy atom. The van der Waals surface area contributed by atoms with E-state index < -0.39 is 22.1 Å². The monoisotopic (exact) mass is 394 g/mol. The van der Waals surface area contributed by atoms with E-state index >= 15 is 0 Å². The summed E-state index contributed by atoms with van der Waals surface area (Å²) in [5.41, 5.74) is 0.145. The highest BCUT2D eigenvalue weighted by Crippen LogP contribution is 2.14. The van der Waals surface area contributed by atoms with Crippen LogP contribution in [0.4, 0.5) is 0 Å². The van der Waals surface area contributed by atoms with E-state index in [2.05, 4.69) is 10.6 Å². The Morgan fingerprint density at radius 2 is 1.63 bits per heavy atom. The molecule has 0 aromatic heterocycles. The average molecular weight is 394 g/mol. The van der Waals surface area contributed by atoms with Crippen molar-refractivity contribution in [3.05, 3.63) is 29.8 Å². The third kappa shape index (κ3) is 6.08. The number of benzene rings is 1. The molecule has 0 bridgehead atoms. The number of terminal acetylenes is 1. The Balaban J connectivity index is 2.86. The van der Waals surface area contributed by atoms with Gasteiger partial charge in [0.1, 0.15) is 0 Å². The molecule has 0 saturated heterocycles. The Kier molecular flexibility index (Phi) is 8.00. The number of ether oxygens (including phenoxy) is 1. The second-order valence-electron chi connectivity index (χ2n) is 6.53. The molecule has 7 nitrogen and oxygen atoms in total. The molecular weight excluding hydrogens is 368 g/mol. The summed E-state index contributed by atoms with van der Waals surface area (Å²) in [5.74, 6) is 1.19. The van der Waals surface area contributed by atoms with E-state index in [1.54, 1.807) is 4.90 Å². The van der Waals surface area contributed by atoms with Gasteiger partial charge in [0.05, 0.1) is 17.0 Å². The number of carbonyl (C=O) groups excluding carboxylic acids is 2. The molecule has 1 N–H and O–H groups in total. The summed E-state index contributed by atoms with van der Waals surface area (Å²) in [6.07, 6.45) is 4.08. The number of carbonyl (C=O) groups is 2. The lowest BCUT2D eigenvalue weighted by atomic mass is 10.2. The van der Waals surface area contributed by atoms with Gasteiger partial charge in [-0.3, -0.25) is 4.79 Å². The van der Waals surface area contributed by atoms with Gasteiger partial charge in [-0.15, -0.1) is 6.42 Å². The molecule has 1 aromatic rings. The van der Waals surface area contributed by atoms with Gasteiger partial charge in [0.25, 0.3) is 5.91 Å². The lowest BCUT2D eigenvalue weighted by Crippen LogP contribution is -2.47. The van der Waals surface area contributed by atoms with E-state index in [1.165, 1.54) is 31.2 Å². The molecule has 8 heteroatoms. The van der Waals surface area contributed by atoms with Gasteiger partial charge in [0.2, 0.25) is 10.0 Å². The second kappa shape index (κ2) is 9.53. The average Bonchev–Trinajstić information content (AvgIpc) is 2.59. The van der Waals surface area contributed by atoms with E-state index in [4.69, 9.17) is 11.2 Å². The number of sulfonamides is 1. The van der Waals surface area contributed by atoms with Crippen molar-refractivity contribution in [2.45, 2.75) is 57.7 Å². The smallest absolute Gasteiger partial charge is 0.338 e. The van der Waals surface area contributed by atoms with Gasteiger partial charge < -0.3 is 9.64 Å². The van der Waals surface area contributed by atoms with Crippen LogP contribution in [0.2, 0.25) is 0 Å². The maximum absolute atomic E-state index is 12.5. The summed E-state index contributed by atoms with van der Waals surface area (Å²) in [5, 5.41) is 0. The zero-order chi connectivity index (χ0) is 20.8. The van der Waals surface area contributed by atoms with Crippen molar-refractivity contribution < 1.29 is 22.7 Å². The SMILES string of the molecule is C#CCNS(=O)(=O)c1ccc(C(=O)OC(C)C(=O)N(C(C)C)C(C)C)cc1. The van der Waals surface area contributed by atoms with Crippen LogP contribution in [-0.2, 0) is 19.6 Å². The number of nitrogens with zero attached hydrogens (tertiary/aromatic N) is 1. The second-order valence-corrected chi connectivity index (χ2v) is 8.30. The first-order valence-electron chi connectivity index (χ1n) is 8.57. The Hall–Kier alpha value is -2.37. The molecule has 0 radical (unpaired) electrons. The first-order chi connectivity index (χ1) is 12.5. The molecule has 0 saturated carbocycles. The van der Waals surface area contributed by atoms with Gasteiger partial charge in [-0.05, 0) is 58.9 Å². The fourth-order valence-electron chi connectivity index (χ4n) is 2.58. The zero-order valence-corrected chi connectivity index (χ0v) is 17.0. The summed E-state index contributed by atoms with van der Waals surface area (Å²) < 4.78 is 31.4. The molecule has 1 amide bonds. The van der Waals surface area contributed by atoms with Crippen LogP contribution in [0.15, 0.2) is 29.2 Å². The van der Waals surface area contributed by atoms with Crippen molar-refractivity contribution >= 4 is 21.9 Å². The molecule has 0 spiro atoms. The number of hydrogen-bond donors (Lipinski definition) is 1. The Morgan fingerprint density at radius 3 is 2.07 bits per heavy atom. The lowest BCUT2D eigenvalue weighted by molar-refractivity contribution is -0.143. The molecule has 1 aromatic carbocycles. The topological polar surface area (TPSA) is 92.8 Å². The van der Waals surface area contributed by atoms with E-state index in [1.807, 2.05) is 27.7 Å². The van der Waals surface area contributed by atoms with Crippen LogP contribution in [0.5, 0.6) is 0 Å². The van der Waals surface area contributed by atoms with Gasteiger partial charge in [-0.2, -0.15) is 4.72 Å². The van der Waals surface area contributed by atoms with Gasteiger partial charge in [-0.25, -0.2) is 13.2 Å². The van der Waals surface area contributed by atoms with Crippen LogP contribution in [-0.4, -0.2) is 49.9 Å². The van der Waals surface area contributed by atoms with Crippen LogP contribution in [0.3, 0.4) is 0 Å². The molecule has 0 aliphatic heterocycles. The van der Waals surface area contributed by atoms with Crippen molar-refractivity contribution in [3.8, 4) is 12.3 Å². The largest absolute Gasteiger partial charge is 0.449 e. The van der Waals surface area contributed by atoms with Crippen molar-refractivity contribution in [1.29, 1.82) is 0 Å². The normalized spacial score (nSPS) is 12.5. The first kappa shape index (κ1) is 22.7. The summed E-state index contributed by atoms with van der Waals surface area (Å²) in [7, 11) is -3.74. The third-order valence-electron chi connectivity index (χ3n) is 3.76. The predicted molar refractivity (Wildman–Crippen MR) is 102 cm³/mol. The van der Waals surface area contributed by atoms with E-state index in [9.17, 15) is 18.0 Å². The number of nitrogens with one attached hydrogen (secondary N) is 1. The maximum Gasteiger partial charge on any atom is 0.338 e. The molecule has 0 aliphatic carbocycles. The number of hydrogen-bond acceptors (Lipinski definition) is 5. The van der Waals surface area contributed by atoms with E-state index in [0.717, 1.165) is 0 Å². The highest BCUT2D eigenvalue weighted by atomic mass is 32.2. The minimum absolute atomic E-state index is 0.0239. The third-order valence-corrected chi connectivity index (χ3v) is 5.18. The predicted octanol–water partition coefficient (Wildman–Crippen LogP) is 1.79. The number of amides is 1. The summed E-state index contributed by atoms with van der Waals surface area (Å²) in [6.45, 7) is 8.94. The molecule has 0 fully saturated rings. The van der Waals surface area contributed by atoms with Crippen LogP contribution in [0, 0.1) is 12.3 Å². The first-order valence-corrected chi connectivity index (χ1v) is 10.1. The summed E-state index contributed by atoms with van der Waals surface area (Å²) in [4.78, 5) is 26.4. The minimum Gasteiger partial charge on any atom is -0.449 e. The molecule has 1 unspecified atom stereocenters. The van der Waals surface area contributed by atoms with Gasteiger partial charge in [-0.1, -0.05) is 5.92 Å². The highest BCUT2D eigenvalue weighted by molar-refractivity contribution is 7.89.